The van der Waals surface area contributed by atoms with Gasteiger partial charge in [0.15, 0.2) is 0 Å². The van der Waals surface area contributed by atoms with Gasteiger partial charge in [0.2, 0.25) is 5.91 Å². The van der Waals surface area contributed by atoms with Crippen molar-refractivity contribution >= 4 is 17.6 Å². The van der Waals surface area contributed by atoms with E-state index in [2.05, 4.69) is 0 Å². The van der Waals surface area contributed by atoms with E-state index in [1.807, 2.05) is 0 Å². The lowest BCUT2D eigenvalue weighted by molar-refractivity contribution is -0.385. The number of aliphatic carboxylic acids is 1. The van der Waals surface area contributed by atoms with E-state index in [0.29, 0.717) is 0 Å². The van der Waals surface area contributed by atoms with Gasteiger partial charge in [-0.3, -0.25) is 29.1 Å². The average Bonchev–Trinajstić information content (AvgIpc) is 2.40. The molecule has 0 radical (unpaired) electrons. The molecule has 1 rings (SSSR count). The Morgan fingerprint density at radius 1 is 1.41 bits per heavy atom. The number of nitrogens with zero attached hydrogens (tertiary/aromatic N) is 3. The molecule has 1 aromatic rings. The molecule has 22 heavy (non-hydrogen) atoms. The Labute approximate surface area is 125 Å². The molecule has 1 amide bonds. The zero-order valence-corrected chi connectivity index (χ0v) is 12.3. The summed E-state index contributed by atoms with van der Waals surface area (Å²) in [5.74, 6) is -1.51. The first-order chi connectivity index (χ1) is 10.2. The lowest BCUT2D eigenvalue weighted by atomic mass is 10.2. The fourth-order valence-corrected chi connectivity index (χ4v) is 1.87. The number of rotatable bonds is 7. The molecular weight excluding hydrogens is 294 g/mol. The molecule has 0 atom stereocenters. The first kappa shape index (κ1) is 17.3. The van der Waals surface area contributed by atoms with Crippen LogP contribution in [-0.2, 0) is 16.1 Å². The third-order valence-corrected chi connectivity index (χ3v) is 2.99. The van der Waals surface area contributed by atoms with Crippen molar-refractivity contribution in [2.24, 2.45) is 0 Å². The van der Waals surface area contributed by atoms with E-state index in [1.165, 1.54) is 4.90 Å². The second kappa shape index (κ2) is 7.34. The Balaban J connectivity index is 2.93. The van der Waals surface area contributed by atoms with Gasteiger partial charge in [0, 0.05) is 24.7 Å². The second-order valence-electron chi connectivity index (χ2n) is 4.94. The van der Waals surface area contributed by atoms with E-state index < -0.39 is 22.4 Å². The van der Waals surface area contributed by atoms with Gasteiger partial charge >= 0.3 is 5.97 Å². The van der Waals surface area contributed by atoms with Crippen LogP contribution in [0, 0.1) is 10.1 Å². The Morgan fingerprint density at radius 3 is 2.55 bits per heavy atom. The molecular formula is C13H17N3O6. The summed E-state index contributed by atoms with van der Waals surface area (Å²) in [6.45, 7) is 3.07. The van der Waals surface area contributed by atoms with Gasteiger partial charge in [-0.25, -0.2) is 0 Å². The highest BCUT2D eigenvalue weighted by Crippen LogP contribution is 2.08. The zero-order valence-electron chi connectivity index (χ0n) is 12.3. The van der Waals surface area contributed by atoms with Crippen LogP contribution in [0.3, 0.4) is 0 Å². The third kappa shape index (κ3) is 4.69. The molecule has 0 aliphatic carbocycles. The van der Waals surface area contributed by atoms with Gasteiger partial charge in [0.25, 0.3) is 11.2 Å². The summed E-state index contributed by atoms with van der Waals surface area (Å²) in [5.41, 5.74) is -0.838. The van der Waals surface area contributed by atoms with Gasteiger partial charge in [0.05, 0.1) is 17.5 Å². The minimum atomic E-state index is -1.04. The third-order valence-electron chi connectivity index (χ3n) is 2.99. The molecule has 1 heterocycles. The maximum absolute atomic E-state index is 12.2. The highest BCUT2D eigenvalue weighted by Gasteiger charge is 2.19. The first-order valence-electron chi connectivity index (χ1n) is 6.58. The molecule has 0 aromatic carbocycles. The summed E-state index contributed by atoms with van der Waals surface area (Å²) in [5, 5.41) is 19.4. The van der Waals surface area contributed by atoms with Gasteiger partial charge in [0.1, 0.15) is 6.54 Å². The largest absolute Gasteiger partial charge is 0.481 e. The number of carboxylic acids is 1. The Hall–Kier alpha value is -2.71. The SMILES string of the molecule is CC(C)N(CCC(=O)O)C(=O)Cn1cc([N+](=O)[O-])ccc1=O. The number of carbonyl (C=O) groups is 2. The number of carbonyl (C=O) groups excluding carboxylic acids is 1. The number of aromatic nitrogens is 1. The maximum atomic E-state index is 12.2. The zero-order chi connectivity index (χ0) is 16.9. The minimum Gasteiger partial charge on any atom is -0.481 e. The van der Waals surface area contributed by atoms with Crippen LogP contribution in [0.25, 0.3) is 0 Å². The van der Waals surface area contributed by atoms with E-state index in [-0.39, 0.29) is 31.2 Å². The van der Waals surface area contributed by atoms with Crippen LogP contribution in [0.4, 0.5) is 5.69 Å². The minimum absolute atomic E-state index is 0.00944. The number of hydrogen-bond acceptors (Lipinski definition) is 5. The van der Waals surface area contributed by atoms with Crippen molar-refractivity contribution in [3.05, 3.63) is 38.8 Å². The molecule has 0 saturated heterocycles. The van der Waals surface area contributed by atoms with Crippen LogP contribution < -0.4 is 5.56 Å². The number of amides is 1. The summed E-state index contributed by atoms with van der Waals surface area (Å²) in [6.07, 6.45) is 0.781. The van der Waals surface area contributed by atoms with Crippen LogP contribution in [-0.4, -0.2) is 44.0 Å². The first-order valence-corrected chi connectivity index (χ1v) is 6.58. The van der Waals surface area contributed by atoms with Crippen molar-refractivity contribution < 1.29 is 19.6 Å². The number of nitro groups is 1. The quantitative estimate of drug-likeness (QED) is 0.576. The van der Waals surface area contributed by atoms with E-state index in [1.54, 1.807) is 13.8 Å². The molecule has 0 unspecified atom stereocenters. The van der Waals surface area contributed by atoms with E-state index in [9.17, 15) is 24.5 Å². The van der Waals surface area contributed by atoms with E-state index in [4.69, 9.17) is 5.11 Å². The molecule has 120 valence electrons. The summed E-state index contributed by atoms with van der Waals surface area (Å²) < 4.78 is 0.941. The highest BCUT2D eigenvalue weighted by molar-refractivity contribution is 5.77. The smallest absolute Gasteiger partial charge is 0.305 e. The topological polar surface area (TPSA) is 123 Å². The average molecular weight is 311 g/mol. The van der Waals surface area contributed by atoms with Crippen LogP contribution in [0.15, 0.2) is 23.1 Å². The molecule has 1 aromatic heterocycles. The van der Waals surface area contributed by atoms with E-state index in [0.717, 1.165) is 22.9 Å². The predicted molar refractivity (Wildman–Crippen MR) is 76.5 cm³/mol. The molecule has 9 nitrogen and oxygen atoms in total. The summed E-state index contributed by atoms with van der Waals surface area (Å²) in [6, 6.07) is 1.83. The van der Waals surface area contributed by atoms with Crippen molar-refractivity contribution in [2.75, 3.05) is 6.54 Å². The molecule has 0 saturated carbocycles. The van der Waals surface area contributed by atoms with E-state index >= 15 is 0 Å². The molecule has 0 fully saturated rings. The Morgan fingerprint density at radius 2 is 2.05 bits per heavy atom. The van der Waals surface area contributed by atoms with Crippen LogP contribution in [0.2, 0.25) is 0 Å². The van der Waals surface area contributed by atoms with Crippen LogP contribution in [0.1, 0.15) is 20.3 Å². The Kier molecular flexibility index (Phi) is 5.79. The van der Waals surface area contributed by atoms with Gasteiger partial charge in [-0.15, -0.1) is 0 Å². The van der Waals surface area contributed by atoms with Crippen LogP contribution in [0.5, 0.6) is 0 Å². The lowest BCUT2D eigenvalue weighted by Gasteiger charge is -2.26. The maximum Gasteiger partial charge on any atom is 0.305 e. The molecule has 9 heteroatoms. The monoisotopic (exact) mass is 311 g/mol. The highest BCUT2D eigenvalue weighted by atomic mass is 16.6. The van der Waals surface area contributed by atoms with Crippen molar-refractivity contribution in [1.29, 1.82) is 0 Å². The molecule has 0 spiro atoms. The fraction of sp³-hybridized carbons (Fsp3) is 0.462. The van der Waals surface area contributed by atoms with Gasteiger partial charge in [-0.2, -0.15) is 0 Å². The molecule has 0 bridgehead atoms. The van der Waals surface area contributed by atoms with Crippen molar-refractivity contribution in [3.63, 3.8) is 0 Å². The van der Waals surface area contributed by atoms with Gasteiger partial charge in [-0.05, 0) is 13.8 Å². The van der Waals surface area contributed by atoms with Crippen LogP contribution >= 0.6 is 0 Å². The lowest BCUT2D eigenvalue weighted by Crippen LogP contribution is -2.41. The fourth-order valence-electron chi connectivity index (χ4n) is 1.87. The number of carboxylic acid groups (broad SMARTS) is 1. The molecule has 0 aliphatic heterocycles. The van der Waals surface area contributed by atoms with Gasteiger partial charge < -0.3 is 10.0 Å². The summed E-state index contributed by atoms with van der Waals surface area (Å²) in [4.78, 5) is 45.8. The normalized spacial score (nSPS) is 10.5. The second-order valence-corrected chi connectivity index (χ2v) is 4.94. The Bertz CT molecular complexity index is 637. The van der Waals surface area contributed by atoms with Crippen molar-refractivity contribution in [2.45, 2.75) is 32.9 Å². The van der Waals surface area contributed by atoms with Crippen molar-refractivity contribution in [1.82, 2.24) is 9.47 Å². The predicted octanol–water partition coefficient (Wildman–Crippen LogP) is 0.468. The number of pyridine rings is 1. The molecule has 1 N–H and O–H groups in total. The number of hydrogen-bond donors (Lipinski definition) is 1. The summed E-state index contributed by atoms with van der Waals surface area (Å²) in [7, 11) is 0. The molecule has 0 aliphatic rings. The standard InChI is InChI=1S/C13H17N3O6/c1-9(2)15(6-5-13(19)20)12(18)8-14-7-10(16(21)22)3-4-11(14)17/h3-4,7,9H,5-6,8H2,1-2H3,(H,19,20). The van der Waals surface area contributed by atoms with Gasteiger partial charge in [-0.1, -0.05) is 0 Å². The summed E-state index contributed by atoms with van der Waals surface area (Å²) >= 11 is 0. The van der Waals surface area contributed by atoms with Crippen molar-refractivity contribution in [3.8, 4) is 0 Å².